The van der Waals surface area contributed by atoms with E-state index in [1.807, 2.05) is 60.5 Å². The lowest BCUT2D eigenvalue weighted by atomic mass is 9.86. The lowest BCUT2D eigenvalue weighted by Gasteiger charge is -2.18. The van der Waals surface area contributed by atoms with E-state index in [1.165, 1.54) is 16.7 Å². The molecule has 0 saturated heterocycles. The number of hydrogen-bond acceptors (Lipinski definition) is 6. The minimum atomic E-state index is 0.120. The van der Waals surface area contributed by atoms with Crippen molar-refractivity contribution in [3.63, 3.8) is 0 Å². The van der Waals surface area contributed by atoms with Crippen LogP contribution in [0.2, 0.25) is 0 Å². The predicted molar refractivity (Wildman–Crippen MR) is 169 cm³/mol. The summed E-state index contributed by atoms with van der Waals surface area (Å²) in [5.74, 6) is 0. The Morgan fingerprint density at radius 1 is 0.548 bits per heavy atom. The third-order valence-electron chi connectivity index (χ3n) is 7.07. The fraction of sp³-hybridized carbons (Fsp3) is 0.455. The molecule has 0 spiro atoms. The molecule has 0 N–H and O–H groups in total. The van der Waals surface area contributed by atoms with Crippen molar-refractivity contribution in [3.05, 3.63) is 89.3 Å². The van der Waals surface area contributed by atoms with Crippen LogP contribution >= 0.6 is 0 Å². The minimum absolute atomic E-state index is 0.120. The topological polar surface area (TPSA) is 90.6 Å². The second-order valence-corrected chi connectivity index (χ2v) is 13.8. The first-order valence-corrected chi connectivity index (χ1v) is 14.4. The highest BCUT2D eigenvalue weighted by Gasteiger charge is 2.24. The Bertz CT molecular complexity index is 1600. The highest BCUT2D eigenvalue weighted by molar-refractivity contribution is 5.59. The van der Waals surface area contributed by atoms with Crippen molar-refractivity contribution < 1.29 is 0 Å². The first kappa shape index (κ1) is 30.8. The number of aromatic nitrogens is 9. The quantitative estimate of drug-likeness (QED) is 0.196. The molecule has 0 amide bonds. The second-order valence-electron chi connectivity index (χ2n) is 13.8. The second kappa shape index (κ2) is 11.3. The predicted octanol–water partition coefficient (Wildman–Crippen LogP) is 7.01. The van der Waals surface area contributed by atoms with Crippen LogP contribution in [0.15, 0.2) is 55.5 Å². The van der Waals surface area contributed by atoms with Crippen molar-refractivity contribution in [2.24, 2.45) is 0 Å². The van der Waals surface area contributed by atoms with Gasteiger partial charge in [-0.3, -0.25) is 4.98 Å². The van der Waals surface area contributed by atoms with Crippen molar-refractivity contribution in [1.29, 1.82) is 0 Å². The van der Waals surface area contributed by atoms with Gasteiger partial charge in [0.05, 0.1) is 39.8 Å². The molecule has 222 valence electrons. The Hall–Kier alpha value is -4.14. The van der Waals surface area contributed by atoms with Gasteiger partial charge in [-0.25, -0.2) is 14.0 Å². The average molecular weight is 568 g/mol. The number of hydrogen-bond donors (Lipinski definition) is 0. The van der Waals surface area contributed by atoms with Gasteiger partial charge in [0.15, 0.2) is 0 Å². The normalized spacial score (nSPS) is 12.3. The van der Waals surface area contributed by atoms with Gasteiger partial charge in [0.2, 0.25) is 0 Å². The molecule has 0 saturated carbocycles. The maximum atomic E-state index is 4.46. The SMILES string of the molecule is Cc1nn2ccncc2c1C(C)(C)C.Cc1nn2cnccc2c1C(C)(C)C.Cc1nn2ncccc2c1C(C)(C)C. The van der Waals surface area contributed by atoms with E-state index in [2.05, 4.69) is 98.7 Å². The first-order valence-electron chi connectivity index (χ1n) is 14.4. The van der Waals surface area contributed by atoms with Crippen LogP contribution in [0.25, 0.3) is 16.6 Å². The van der Waals surface area contributed by atoms with Crippen molar-refractivity contribution >= 4 is 16.6 Å². The molecule has 0 aliphatic carbocycles. The molecule has 0 aliphatic rings. The first-order chi connectivity index (χ1) is 19.5. The average Bonchev–Trinajstić information content (AvgIpc) is 3.51. The van der Waals surface area contributed by atoms with Crippen LogP contribution in [-0.4, -0.2) is 44.0 Å². The summed E-state index contributed by atoms with van der Waals surface area (Å²) in [5.41, 5.74) is 10.9. The van der Waals surface area contributed by atoms with Gasteiger partial charge in [0, 0.05) is 41.5 Å². The third kappa shape index (κ3) is 6.35. The molecule has 0 aliphatic heterocycles. The van der Waals surface area contributed by atoms with Gasteiger partial charge in [-0.2, -0.15) is 25.0 Å². The van der Waals surface area contributed by atoms with E-state index in [-0.39, 0.29) is 16.2 Å². The van der Waals surface area contributed by atoms with Crippen molar-refractivity contribution in [2.75, 3.05) is 0 Å². The summed E-state index contributed by atoms with van der Waals surface area (Å²) in [6.45, 7) is 25.9. The highest BCUT2D eigenvalue weighted by atomic mass is 15.4. The zero-order chi connectivity index (χ0) is 31.0. The number of fused-ring (bicyclic) bond motifs is 3. The lowest BCUT2D eigenvalue weighted by Crippen LogP contribution is -2.12. The Morgan fingerprint density at radius 3 is 1.71 bits per heavy atom. The molecule has 0 bridgehead atoms. The van der Waals surface area contributed by atoms with Crippen molar-refractivity contribution in [1.82, 2.24) is 44.0 Å². The van der Waals surface area contributed by atoms with E-state index < -0.39 is 0 Å². The summed E-state index contributed by atoms with van der Waals surface area (Å²) in [4.78, 5) is 8.19. The molecular weight excluding hydrogens is 522 g/mol. The fourth-order valence-corrected chi connectivity index (χ4v) is 5.83. The lowest BCUT2D eigenvalue weighted by molar-refractivity contribution is 0.591. The van der Waals surface area contributed by atoms with Crippen LogP contribution in [0.4, 0.5) is 0 Å². The van der Waals surface area contributed by atoms with Crippen LogP contribution in [0.1, 0.15) is 96.1 Å². The molecule has 6 rings (SSSR count). The Morgan fingerprint density at radius 2 is 1.10 bits per heavy atom. The molecule has 0 aromatic carbocycles. The highest BCUT2D eigenvalue weighted by Crippen LogP contribution is 2.30. The molecule has 0 unspecified atom stereocenters. The molecule has 6 aromatic heterocycles. The number of nitrogens with zero attached hydrogens (tertiary/aromatic N) is 9. The van der Waals surface area contributed by atoms with Gasteiger partial charge in [0.1, 0.15) is 6.33 Å². The molecular formula is C33H45N9. The van der Waals surface area contributed by atoms with Gasteiger partial charge < -0.3 is 0 Å². The van der Waals surface area contributed by atoms with Crippen molar-refractivity contribution in [2.45, 2.75) is 99.3 Å². The zero-order valence-corrected chi connectivity index (χ0v) is 27.2. The maximum Gasteiger partial charge on any atom is 0.117 e. The van der Waals surface area contributed by atoms with E-state index in [1.54, 1.807) is 23.4 Å². The van der Waals surface area contributed by atoms with Crippen LogP contribution in [0.3, 0.4) is 0 Å². The monoisotopic (exact) mass is 567 g/mol. The zero-order valence-electron chi connectivity index (χ0n) is 27.2. The molecule has 0 atom stereocenters. The standard InChI is InChI=1S/3C11H15N3/c1-8-10(11(2,3)4)9-7-12-5-6-14(9)13-8;1-8-10(11(2,3)4)9-5-6-12-7-14(9)13-8;1-8-10(11(2,3)4)9-6-5-7-12-14(9)13-8/h3*5-7H,1-4H3. The Kier molecular flexibility index (Phi) is 8.27. The van der Waals surface area contributed by atoms with Gasteiger partial charge >= 0.3 is 0 Å². The van der Waals surface area contributed by atoms with Crippen LogP contribution in [0.5, 0.6) is 0 Å². The summed E-state index contributed by atoms with van der Waals surface area (Å²) in [5, 5.41) is 17.5. The maximum absolute atomic E-state index is 4.46. The Balaban J connectivity index is 0.000000145. The van der Waals surface area contributed by atoms with E-state index in [4.69, 9.17) is 0 Å². The molecule has 9 heteroatoms. The smallest absolute Gasteiger partial charge is 0.117 e. The van der Waals surface area contributed by atoms with E-state index >= 15 is 0 Å². The van der Waals surface area contributed by atoms with E-state index in [9.17, 15) is 0 Å². The summed E-state index contributed by atoms with van der Waals surface area (Å²) >= 11 is 0. The summed E-state index contributed by atoms with van der Waals surface area (Å²) < 4.78 is 5.44. The van der Waals surface area contributed by atoms with Gasteiger partial charge in [-0.1, -0.05) is 62.3 Å². The van der Waals surface area contributed by atoms with E-state index in [0.717, 1.165) is 33.6 Å². The molecule has 6 heterocycles. The molecule has 0 radical (unpaired) electrons. The Labute approximate surface area is 249 Å². The fourth-order valence-electron chi connectivity index (χ4n) is 5.83. The van der Waals surface area contributed by atoms with E-state index in [0.29, 0.717) is 0 Å². The molecule has 0 fully saturated rings. The number of aryl methyl sites for hydroxylation is 3. The van der Waals surface area contributed by atoms with Crippen LogP contribution in [-0.2, 0) is 16.2 Å². The number of rotatable bonds is 0. The van der Waals surface area contributed by atoms with Gasteiger partial charge in [-0.05, 0) is 55.2 Å². The largest absolute Gasteiger partial charge is 0.261 e. The summed E-state index contributed by atoms with van der Waals surface area (Å²) in [6, 6.07) is 6.03. The molecule has 9 nitrogen and oxygen atoms in total. The minimum Gasteiger partial charge on any atom is -0.261 e. The van der Waals surface area contributed by atoms with Gasteiger partial charge in [-0.15, -0.1) is 0 Å². The third-order valence-corrected chi connectivity index (χ3v) is 7.07. The van der Waals surface area contributed by atoms with Crippen molar-refractivity contribution in [3.8, 4) is 0 Å². The summed E-state index contributed by atoms with van der Waals surface area (Å²) in [7, 11) is 0. The van der Waals surface area contributed by atoms with Gasteiger partial charge in [0.25, 0.3) is 0 Å². The molecule has 42 heavy (non-hydrogen) atoms. The molecule has 6 aromatic rings. The summed E-state index contributed by atoms with van der Waals surface area (Å²) in [6.07, 6.45) is 10.8. The van der Waals surface area contributed by atoms with Crippen LogP contribution < -0.4 is 0 Å². The van der Waals surface area contributed by atoms with Crippen LogP contribution in [0, 0.1) is 20.8 Å².